The first kappa shape index (κ1) is 11.5. The van der Waals surface area contributed by atoms with E-state index in [1.165, 1.54) is 11.1 Å². The zero-order valence-corrected chi connectivity index (χ0v) is 9.80. The molecule has 0 aliphatic heterocycles. The molecule has 17 heavy (non-hydrogen) atoms. The second-order valence-corrected chi connectivity index (χ2v) is 3.98. The average Bonchev–Trinajstić information content (AvgIpc) is 2.39. The SMILES string of the molecule is C=C(Cc1ccccc1)OCc1ccccc1. The Morgan fingerprint density at radius 1 is 0.824 bits per heavy atom. The van der Waals surface area contributed by atoms with Crippen LogP contribution in [-0.4, -0.2) is 0 Å². The maximum Gasteiger partial charge on any atom is 0.113 e. The predicted molar refractivity (Wildman–Crippen MR) is 70.5 cm³/mol. The van der Waals surface area contributed by atoms with Crippen LogP contribution >= 0.6 is 0 Å². The smallest absolute Gasteiger partial charge is 0.113 e. The molecule has 0 aromatic heterocycles. The van der Waals surface area contributed by atoms with E-state index in [2.05, 4.69) is 30.8 Å². The fraction of sp³-hybridized carbons (Fsp3) is 0.125. The summed E-state index contributed by atoms with van der Waals surface area (Å²) in [7, 11) is 0. The Morgan fingerprint density at radius 2 is 1.35 bits per heavy atom. The molecule has 2 rings (SSSR count). The van der Waals surface area contributed by atoms with Gasteiger partial charge in [-0.15, -0.1) is 0 Å². The lowest BCUT2D eigenvalue weighted by atomic mass is 10.1. The maximum absolute atomic E-state index is 5.64. The predicted octanol–water partition coefficient (Wildman–Crippen LogP) is 3.96. The number of benzene rings is 2. The molecule has 0 aliphatic rings. The monoisotopic (exact) mass is 224 g/mol. The molecule has 2 aromatic carbocycles. The summed E-state index contributed by atoms with van der Waals surface area (Å²) < 4.78 is 5.64. The summed E-state index contributed by atoms with van der Waals surface area (Å²) in [6.07, 6.45) is 0.772. The zero-order chi connectivity index (χ0) is 11.9. The summed E-state index contributed by atoms with van der Waals surface area (Å²) in [4.78, 5) is 0. The first-order valence-corrected chi connectivity index (χ1v) is 5.73. The quantitative estimate of drug-likeness (QED) is 0.698. The summed E-state index contributed by atoms with van der Waals surface area (Å²) in [6.45, 7) is 4.53. The lowest BCUT2D eigenvalue weighted by Crippen LogP contribution is -1.96. The van der Waals surface area contributed by atoms with Crippen LogP contribution in [0.2, 0.25) is 0 Å². The Hall–Kier alpha value is -2.02. The van der Waals surface area contributed by atoms with Crippen LogP contribution < -0.4 is 0 Å². The van der Waals surface area contributed by atoms with Crippen LogP contribution in [0.4, 0.5) is 0 Å². The van der Waals surface area contributed by atoms with E-state index < -0.39 is 0 Å². The van der Waals surface area contributed by atoms with Crippen LogP contribution in [-0.2, 0) is 17.8 Å². The minimum Gasteiger partial charge on any atom is -0.494 e. The van der Waals surface area contributed by atoms with Gasteiger partial charge in [-0.2, -0.15) is 0 Å². The van der Waals surface area contributed by atoms with Gasteiger partial charge in [0.15, 0.2) is 0 Å². The van der Waals surface area contributed by atoms with E-state index >= 15 is 0 Å². The minimum absolute atomic E-state index is 0.590. The number of rotatable bonds is 5. The molecule has 0 amide bonds. The van der Waals surface area contributed by atoms with E-state index in [9.17, 15) is 0 Å². The largest absolute Gasteiger partial charge is 0.494 e. The number of allylic oxidation sites excluding steroid dienone is 1. The first-order valence-electron chi connectivity index (χ1n) is 5.73. The molecule has 0 unspecified atom stereocenters. The lowest BCUT2D eigenvalue weighted by Gasteiger charge is -2.09. The minimum atomic E-state index is 0.590. The van der Waals surface area contributed by atoms with Gasteiger partial charge < -0.3 is 4.74 Å². The van der Waals surface area contributed by atoms with Gasteiger partial charge in [0.05, 0.1) is 5.76 Å². The van der Waals surface area contributed by atoms with Crippen LogP contribution in [0.15, 0.2) is 73.0 Å². The molecule has 0 aliphatic carbocycles. The Balaban J connectivity index is 1.83. The van der Waals surface area contributed by atoms with Crippen LogP contribution in [0, 0.1) is 0 Å². The van der Waals surface area contributed by atoms with Crippen LogP contribution in [0.3, 0.4) is 0 Å². The molecule has 0 radical (unpaired) electrons. The Morgan fingerprint density at radius 3 is 1.94 bits per heavy atom. The highest BCUT2D eigenvalue weighted by Gasteiger charge is 1.98. The van der Waals surface area contributed by atoms with Crippen molar-refractivity contribution >= 4 is 0 Å². The zero-order valence-electron chi connectivity index (χ0n) is 9.80. The van der Waals surface area contributed by atoms with Crippen molar-refractivity contribution in [2.75, 3.05) is 0 Å². The fourth-order valence-corrected chi connectivity index (χ4v) is 1.63. The van der Waals surface area contributed by atoms with E-state index in [1.807, 2.05) is 36.4 Å². The molecular formula is C16H16O. The molecule has 0 atom stereocenters. The van der Waals surface area contributed by atoms with Crippen molar-refractivity contribution in [3.05, 3.63) is 84.1 Å². The number of hydrogen-bond acceptors (Lipinski definition) is 1. The van der Waals surface area contributed by atoms with Crippen LogP contribution in [0.25, 0.3) is 0 Å². The summed E-state index contributed by atoms with van der Waals surface area (Å²) in [6, 6.07) is 20.4. The number of ether oxygens (including phenoxy) is 1. The molecule has 0 heterocycles. The Bertz CT molecular complexity index is 459. The van der Waals surface area contributed by atoms with Gasteiger partial charge in [0, 0.05) is 6.42 Å². The lowest BCUT2D eigenvalue weighted by molar-refractivity contribution is 0.195. The Kier molecular flexibility index (Phi) is 3.98. The van der Waals surface area contributed by atoms with Crippen molar-refractivity contribution < 1.29 is 4.74 Å². The molecular weight excluding hydrogens is 208 g/mol. The summed E-state index contributed by atoms with van der Waals surface area (Å²) >= 11 is 0. The highest BCUT2D eigenvalue weighted by atomic mass is 16.5. The van der Waals surface area contributed by atoms with Gasteiger partial charge in [-0.25, -0.2) is 0 Å². The highest BCUT2D eigenvalue weighted by molar-refractivity contribution is 5.19. The summed E-state index contributed by atoms with van der Waals surface area (Å²) in [5.74, 6) is 0.806. The van der Waals surface area contributed by atoms with Crippen molar-refractivity contribution in [1.29, 1.82) is 0 Å². The van der Waals surface area contributed by atoms with Gasteiger partial charge in [-0.05, 0) is 11.1 Å². The molecule has 0 fully saturated rings. The third-order valence-electron chi connectivity index (χ3n) is 2.53. The average molecular weight is 224 g/mol. The standard InChI is InChI=1S/C16H16O/c1-14(12-15-8-4-2-5-9-15)17-13-16-10-6-3-7-11-16/h2-11H,1,12-13H2. The topological polar surface area (TPSA) is 9.23 Å². The van der Waals surface area contributed by atoms with Gasteiger partial charge in [0.25, 0.3) is 0 Å². The van der Waals surface area contributed by atoms with Gasteiger partial charge in [0.1, 0.15) is 6.61 Å². The van der Waals surface area contributed by atoms with E-state index in [0.717, 1.165) is 12.2 Å². The van der Waals surface area contributed by atoms with Crippen molar-refractivity contribution in [1.82, 2.24) is 0 Å². The van der Waals surface area contributed by atoms with Crippen LogP contribution in [0.5, 0.6) is 0 Å². The molecule has 0 N–H and O–H groups in total. The van der Waals surface area contributed by atoms with Crippen molar-refractivity contribution in [3.63, 3.8) is 0 Å². The fourth-order valence-electron chi connectivity index (χ4n) is 1.63. The number of hydrogen-bond donors (Lipinski definition) is 0. The van der Waals surface area contributed by atoms with Gasteiger partial charge in [-0.1, -0.05) is 67.2 Å². The van der Waals surface area contributed by atoms with Crippen molar-refractivity contribution in [2.24, 2.45) is 0 Å². The van der Waals surface area contributed by atoms with E-state index in [-0.39, 0.29) is 0 Å². The normalized spacial score (nSPS) is 9.88. The van der Waals surface area contributed by atoms with E-state index in [1.54, 1.807) is 0 Å². The van der Waals surface area contributed by atoms with Gasteiger partial charge in [-0.3, -0.25) is 0 Å². The molecule has 1 heteroatoms. The highest BCUT2D eigenvalue weighted by Crippen LogP contribution is 2.10. The summed E-state index contributed by atoms with van der Waals surface area (Å²) in [5, 5.41) is 0. The third kappa shape index (κ3) is 3.80. The van der Waals surface area contributed by atoms with Gasteiger partial charge >= 0.3 is 0 Å². The Labute approximate surface area is 102 Å². The second-order valence-electron chi connectivity index (χ2n) is 3.98. The molecule has 2 aromatic rings. The third-order valence-corrected chi connectivity index (χ3v) is 2.53. The van der Waals surface area contributed by atoms with E-state index in [0.29, 0.717) is 6.61 Å². The molecule has 1 nitrogen and oxygen atoms in total. The summed E-state index contributed by atoms with van der Waals surface area (Å²) in [5.41, 5.74) is 2.40. The first-order chi connectivity index (χ1) is 8.34. The van der Waals surface area contributed by atoms with Crippen molar-refractivity contribution in [3.8, 4) is 0 Å². The second kappa shape index (κ2) is 5.90. The molecule has 0 saturated heterocycles. The van der Waals surface area contributed by atoms with Gasteiger partial charge in [0.2, 0.25) is 0 Å². The van der Waals surface area contributed by atoms with E-state index in [4.69, 9.17) is 4.74 Å². The molecule has 0 spiro atoms. The van der Waals surface area contributed by atoms with Crippen molar-refractivity contribution in [2.45, 2.75) is 13.0 Å². The van der Waals surface area contributed by atoms with Crippen LogP contribution in [0.1, 0.15) is 11.1 Å². The molecule has 0 saturated carbocycles. The molecule has 86 valence electrons. The maximum atomic E-state index is 5.64. The molecule has 0 bridgehead atoms.